The lowest BCUT2D eigenvalue weighted by Gasteiger charge is -2.16. The minimum absolute atomic E-state index is 0. The Hall–Kier alpha value is -1.07. The molecule has 1 fully saturated rings. The Labute approximate surface area is 133 Å². The second-order valence-corrected chi connectivity index (χ2v) is 5.53. The molecule has 0 aromatic carbocycles. The molecule has 0 bridgehead atoms. The summed E-state index contributed by atoms with van der Waals surface area (Å²) in [6, 6.07) is 2.44. The first-order valence-electron chi connectivity index (χ1n) is 7.85. The molecule has 1 aliphatic carbocycles. The van der Waals surface area contributed by atoms with Crippen LogP contribution < -0.4 is 10.6 Å². The van der Waals surface area contributed by atoms with Crippen LogP contribution in [0.25, 0.3) is 0 Å². The summed E-state index contributed by atoms with van der Waals surface area (Å²) in [5.74, 6) is -0.0939. The Kier molecular flexibility index (Phi) is 8.38. The Morgan fingerprint density at radius 2 is 2.00 bits per heavy atom. The van der Waals surface area contributed by atoms with Gasteiger partial charge >= 0.3 is 0 Å². The monoisotopic (exact) mass is 314 g/mol. The molecule has 21 heavy (non-hydrogen) atoms. The Balaban J connectivity index is 0.00000220. The zero-order chi connectivity index (χ0) is 14.2. The van der Waals surface area contributed by atoms with Gasteiger partial charge in [0.1, 0.15) is 5.69 Å². The zero-order valence-corrected chi connectivity index (χ0v) is 13.6. The SMILES string of the molecule is CCc1cc(C(=O)NCCNC2CCCCCC2)n[nH]1.Cl. The largest absolute Gasteiger partial charge is 0.349 e. The van der Waals surface area contributed by atoms with E-state index in [9.17, 15) is 4.79 Å². The van der Waals surface area contributed by atoms with E-state index < -0.39 is 0 Å². The second kappa shape index (κ2) is 9.79. The molecule has 6 heteroatoms. The highest BCUT2D eigenvalue weighted by Crippen LogP contribution is 2.16. The predicted octanol–water partition coefficient (Wildman–Crippen LogP) is 2.44. The first kappa shape index (κ1) is 18.0. The molecule has 1 aromatic rings. The summed E-state index contributed by atoms with van der Waals surface area (Å²) in [7, 11) is 0. The van der Waals surface area contributed by atoms with Crippen LogP contribution in [0.3, 0.4) is 0 Å². The Bertz CT molecular complexity index is 414. The third kappa shape index (κ3) is 6.06. The van der Waals surface area contributed by atoms with Crippen LogP contribution in [0.5, 0.6) is 0 Å². The van der Waals surface area contributed by atoms with E-state index in [0.29, 0.717) is 18.3 Å². The molecule has 0 radical (unpaired) electrons. The molecule has 1 aromatic heterocycles. The van der Waals surface area contributed by atoms with Crippen molar-refractivity contribution in [1.29, 1.82) is 0 Å². The molecule has 0 atom stereocenters. The number of H-pyrrole nitrogens is 1. The van der Waals surface area contributed by atoms with Gasteiger partial charge in [-0.05, 0) is 25.3 Å². The Morgan fingerprint density at radius 3 is 2.62 bits per heavy atom. The number of nitrogens with one attached hydrogen (secondary N) is 3. The average Bonchev–Trinajstić information content (AvgIpc) is 2.80. The lowest BCUT2D eigenvalue weighted by Crippen LogP contribution is -2.37. The fraction of sp³-hybridized carbons (Fsp3) is 0.733. The summed E-state index contributed by atoms with van der Waals surface area (Å²) in [4.78, 5) is 11.9. The maximum Gasteiger partial charge on any atom is 0.271 e. The highest BCUT2D eigenvalue weighted by molar-refractivity contribution is 5.92. The highest BCUT2D eigenvalue weighted by atomic mass is 35.5. The summed E-state index contributed by atoms with van der Waals surface area (Å²) in [6.45, 7) is 3.52. The average molecular weight is 315 g/mol. The van der Waals surface area contributed by atoms with Crippen molar-refractivity contribution in [3.63, 3.8) is 0 Å². The molecular weight excluding hydrogens is 288 g/mol. The van der Waals surface area contributed by atoms with E-state index in [0.717, 1.165) is 18.7 Å². The minimum Gasteiger partial charge on any atom is -0.349 e. The molecule has 1 heterocycles. The number of rotatable bonds is 6. The number of hydrogen-bond acceptors (Lipinski definition) is 3. The van der Waals surface area contributed by atoms with Crippen molar-refractivity contribution in [2.24, 2.45) is 0 Å². The van der Waals surface area contributed by atoms with E-state index >= 15 is 0 Å². The molecular formula is C15H27ClN4O. The fourth-order valence-electron chi connectivity index (χ4n) is 2.69. The van der Waals surface area contributed by atoms with Gasteiger partial charge in [0.25, 0.3) is 5.91 Å². The van der Waals surface area contributed by atoms with Crippen LogP contribution in [0.2, 0.25) is 0 Å². The predicted molar refractivity (Wildman–Crippen MR) is 87.0 cm³/mol. The molecule has 3 N–H and O–H groups in total. The van der Waals surface area contributed by atoms with Crippen LogP contribution >= 0.6 is 12.4 Å². The first-order valence-corrected chi connectivity index (χ1v) is 7.85. The number of hydrogen-bond donors (Lipinski definition) is 3. The molecule has 0 spiro atoms. The lowest BCUT2D eigenvalue weighted by molar-refractivity contribution is 0.0948. The molecule has 120 valence electrons. The maximum absolute atomic E-state index is 11.9. The van der Waals surface area contributed by atoms with Gasteiger partial charge in [0.15, 0.2) is 0 Å². The number of aryl methyl sites for hydroxylation is 1. The van der Waals surface area contributed by atoms with Gasteiger partial charge in [-0.3, -0.25) is 9.89 Å². The molecule has 0 aliphatic heterocycles. The van der Waals surface area contributed by atoms with Crippen LogP contribution in [0, 0.1) is 0 Å². The van der Waals surface area contributed by atoms with E-state index in [1.807, 2.05) is 13.0 Å². The van der Waals surface area contributed by atoms with Crippen molar-refractivity contribution in [2.75, 3.05) is 13.1 Å². The van der Waals surface area contributed by atoms with Gasteiger partial charge in [-0.1, -0.05) is 32.6 Å². The Morgan fingerprint density at radius 1 is 1.29 bits per heavy atom. The molecule has 1 aliphatic rings. The van der Waals surface area contributed by atoms with Crippen molar-refractivity contribution in [2.45, 2.75) is 57.9 Å². The number of amides is 1. The second-order valence-electron chi connectivity index (χ2n) is 5.53. The van der Waals surface area contributed by atoms with Crippen LogP contribution in [-0.4, -0.2) is 35.2 Å². The topological polar surface area (TPSA) is 69.8 Å². The first-order chi connectivity index (χ1) is 9.79. The van der Waals surface area contributed by atoms with Crippen LogP contribution in [0.4, 0.5) is 0 Å². The smallest absolute Gasteiger partial charge is 0.271 e. The fourth-order valence-corrected chi connectivity index (χ4v) is 2.69. The van der Waals surface area contributed by atoms with Crippen molar-refractivity contribution in [3.05, 3.63) is 17.5 Å². The molecule has 0 unspecified atom stereocenters. The van der Waals surface area contributed by atoms with Crippen molar-refractivity contribution < 1.29 is 4.79 Å². The number of halogens is 1. The summed E-state index contributed by atoms with van der Waals surface area (Å²) in [6.07, 6.45) is 8.81. The van der Waals surface area contributed by atoms with E-state index in [4.69, 9.17) is 0 Å². The van der Waals surface area contributed by atoms with Crippen molar-refractivity contribution in [1.82, 2.24) is 20.8 Å². The third-order valence-corrected chi connectivity index (χ3v) is 3.94. The molecule has 1 saturated carbocycles. The number of nitrogens with zero attached hydrogens (tertiary/aromatic N) is 1. The zero-order valence-electron chi connectivity index (χ0n) is 12.8. The van der Waals surface area contributed by atoms with Gasteiger partial charge in [0, 0.05) is 24.8 Å². The van der Waals surface area contributed by atoms with Gasteiger partial charge in [0.2, 0.25) is 0 Å². The molecule has 0 saturated heterocycles. The van der Waals surface area contributed by atoms with Crippen molar-refractivity contribution in [3.8, 4) is 0 Å². The summed E-state index contributed by atoms with van der Waals surface area (Å²) < 4.78 is 0. The van der Waals surface area contributed by atoms with Gasteiger partial charge in [-0.15, -0.1) is 12.4 Å². The van der Waals surface area contributed by atoms with Gasteiger partial charge < -0.3 is 10.6 Å². The lowest BCUT2D eigenvalue weighted by atomic mass is 10.1. The summed E-state index contributed by atoms with van der Waals surface area (Å²) in [5, 5.41) is 13.3. The highest BCUT2D eigenvalue weighted by Gasteiger charge is 2.12. The normalized spacial score (nSPS) is 16.0. The maximum atomic E-state index is 11.9. The van der Waals surface area contributed by atoms with E-state index in [1.165, 1.54) is 38.5 Å². The number of aromatic amines is 1. The van der Waals surface area contributed by atoms with E-state index in [-0.39, 0.29) is 18.3 Å². The molecule has 1 amide bonds. The standard InChI is InChI=1S/C15H26N4O.ClH/c1-2-12-11-14(19-18-12)15(20)17-10-9-16-13-7-5-3-4-6-8-13;/h11,13,16H,2-10H2,1H3,(H,17,20)(H,18,19);1H. The third-order valence-electron chi connectivity index (χ3n) is 3.94. The van der Waals surface area contributed by atoms with Crippen LogP contribution in [0.1, 0.15) is 61.6 Å². The van der Waals surface area contributed by atoms with Gasteiger partial charge in [0.05, 0.1) is 0 Å². The van der Waals surface area contributed by atoms with Crippen molar-refractivity contribution >= 4 is 18.3 Å². The number of carbonyl (C=O) groups is 1. The number of aromatic nitrogens is 2. The quantitative estimate of drug-likeness (QED) is 0.558. The van der Waals surface area contributed by atoms with Gasteiger partial charge in [-0.25, -0.2) is 0 Å². The van der Waals surface area contributed by atoms with Crippen LogP contribution in [0.15, 0.2) is 6.07 Å². The van der Waals surface area contributed by atoms with Crippen LogP contribution in [-0.2, 0) is 6.42 Å². The van der Waals surface area contributed by atoms with E-state index in [1.54, 1.807) is 0 Å². The molecule has 5 nitrogen and oxygen atoms in total. The number of carbonyl (C=O) groups excluding carboxylic acids is 1. The van der Waals surface area contributed by atoms with E-state index in [2.05, 4.69) is 20.8 Å². The van der Waals surface area contributed by atoms with Gasteiger partial charge in [-0.2, -0.15) is 5.10 Å². The summed E-state index contributed by atoms with van der Waals surface area (Å²) >= 11 is 0. The minimum atomic E-state index is -0.0939. The summed E-state index contributed by atoms with van der Waals surface area (Å²) in [5.41, 5.74) is 1.48. The molecule has 2 rings (SSSR count).